The summed E-state index contributed by atoms with van der Waals surface area (Å²) in [6, 6.07) is 7.15. The van der Waals surface area contributed by atoms with Gasteiger partial charge in [-0.3, -0.25) is 5.10 Å². The number of halogens is 1. The van der Waals surface area contributed by atoms with Gasteiger partial charge in [0.1, 0.15) is 0 Å². The Balaban J connectivity index is 1.78. The van der Waals surface area contributed by atoms with Gasteiger partial charge in [-0.15, -0.1) is 0 Å². The number of fused-ring (bicyclic) bond motifs is 1. The van der Waals surface area contributed by atoms with Crippen LogP contribution in [0.3, 0.4) is 0 Å². The predicted octanol–water partition coefficient (Wildman–Crippen LogP) is 4.04. The van der Waals surface area contributed by atoms with E-state index in [0.29, 0.717) is 6.04 Å². The second-order valence-electron chi connectivity index (χ2n) is 5.54. The van der Waals surface area contributed by atoms with Crippen molar-refractivity contribution in [2.75, 3.05) is 0 Å². The lowest BCUT2D eigenvalue weighted by atomic mass is 9.99. The standard InChI is InChI=1S/C16H20BrN3/c1-11-13(10-19-20-11)9-18-16-5-3-2-4-12-8-14(17)6-7-15(12)16/h6-8,10,16,18H,2-5,9H2,1H3,(H,19,20). The molecule has 0 bridgehead atoms. The molecule has 1 aromatic carbocycles. The molecule has 1 heterocycles. The molecule has 1 aromatic heterocycles. The molecule has 0 saturated heterocycles. The number of hydrogen-bond donors (Lipinski definition) is 2. The van der Waals surface area contributed by atoms with Gasteiger partial charge in [-0.1, -0.05) is 28.4 Å². The molecule has 20 heavy (non-hydrogen) atoms. The molecular formula is C16H20BrN3. The van der Waals surface area contributed by atoms with E-state index in [4.69, 9.17) is 0 Å². The Hall–Kier alpha value is -1.13. The molecule has 0 aliphatic heterocycles. The Labute approximate surface area is 128 Å². The summed E-state index contributed by atoms with van der Waals surface area (Å²) in [7, 11) is 0. The van der Waals surface area contributed by atoms with Gasteiger partial charge in [0.2, 0.25) is 0 Å². The first kappa shape index (κ1) is 13.8. The molecule has 2 aromatic rings. The number of aryl methyl sites for hydroxylation is 2. The van der Waals surface area contributed by atoms with Gasteiger partial charge in [0.25, 0.3) is 0 Å². The van der Waals surface area contributed by atoms with Crippen molar-refractivity contribution >= 4 is 15.9 Å². The monoisotopic (exact) mass is 333 g/mol. The van der Waals surface area contributed by atoms with Crippen LogP contribution in [0.25, 0.3) is 0 Å². The molecule has 2 N–H and O–H groups in total. The zero-order chi connectivity index (χ0) is 13.9. The van der Waals surface area contributed by atoms with Gasteiger partial charge in [-0.05, 0) is 49.4 Å². The zero-order valence-corrected chi connectivity index (χ0v) is 13.3. The maximum absolute atomic E-state index is 4.09. The summed E-state index contributed by atoms with van der Waals surface area (Å²) in [5.41, 5.74) is 5.36. The highest BCUT2D eigenvalue weighted by atomic mass is 79.9. The SMILES string of the molecule is Cc1[nH]ncc1CNC1CCCCc2cc(Br)ccc21. The van der Waals surface area contributed by atoms with Crippen LogP contribution >= 0.6 is 15.9 Å². The fourth-order valence-electron chi connectivity index (χ4n) is 2.95. The van der Waals surface area contributed by atoms with Crippen molar-refractivity contribution in [2.24, 2.45) is 0 Å². The molecule has 106 valence electrons. The van der Waals surface area contributed by atoms with E-state index in [0.717, 1.165) is 12.2 Å². The maximum atomic E-state index is 4.09. The van der Waals surface area contributed by atoms with Crippen molar-refractivity contribution in [1.82, 2.24) is 15.5 Å². The van der Waals surface area contributed by atoms with Crippen LogP contribution in [0.5, 0.6) is 0 Å². The Morgan fingerprint density at radius 1 is 1.40 bits per heavy atom. The van der Waals surface area contributed by atoms with E-state index >= 15 is 0 Å². The number of nitrogens with zero attached hydrogens (tertiary/aromatic N) is 1. The summed E-state index contributed by atoms with van der Waals surface area (Å²) in [6.07, 6.45) is 6.89. The van der Waals surface area contributed by atoms with Crippen LogP contribution in [-0.2, 0) is 13.0 Å². The van der Waals surface area contributed by atoms with Crippen molar-refractivity contribution in [3.05, 3.63) is 51.3 Å². The number of aromatic nitrogens is 2. The minimum atomic E-state index is 0.454. The normalized spacial score (nSPS) is 18.6. The fraction of sp³-hybridized carbons (Fsp3) is 0.438. The largest absolute Gasteiger partial charge is 0.306 e. The molecule has 1 unspecified atom stereocenters. The number of H-pyrrole nitrogens is 1. The van der Waals surface area contributed by atoms with E-state index in [1.165, 1.54) is 46.8 Å². The maximum Gasteiger partial charge on any atom is 0.0535 e. The first-order valence-corrected chi connectivity index (χ1v) is 8.04. The Morgan fingerprint density at radius 3 is 3.10 bits per heavy atom. The summed E-state index contributed by atoms with van der Waals surface area (Å²) in [6.45, 7) is 2.95. The number of rotatable bonds is 3. The minimum Gasteiger partial charge on any atom is -0.306 e. The van der Waals surface area contributed by atoms with E-state index in [1.54, 1.807) is 0 Å². The van der Waals surface area contributed by atoms with Crippen molar-refractivity contribution in [3.8, 4) is 0 Å². The van der Waals surface area contributed by atoms with Crippen LogP contribution in [0.4, 0.5) is 0 Å². The number of benzene rings is 1. The van der Waals surface area contributed by atoms with E-state index in [1.807, 2.05) is 6.20 Å². The van der Waals surface area contributed by atoms with Crippen LogP contribution in [0, 0.1) is 6.92 Å². The van der Waals surface area contributed by atoms with E-state index in [-0.39, 0.29) is 0 Å². The lowest BCUT2D eigenvalue weighted by Crippen LogP contribution is -2.21. The van der Waals surface area contributed by atoms with Crippen LogP contribution in [0.15, 0.2) is 28.9 Å². The van der Waals surface area contributed by atoms with Gasteiger partial charge in [0.05, 0.1) is 6.20 Å². The third-order valence-electron chi connectivity index (χ3n) is 4.14. The lowest BCUT2D eigenvalue weighted by Gasteiger charge is -2.19. The highest BCUT2D eigenvalue weighted by molar-refractivity contribution is 9.10. The van der Waals surface area contributed by atoms with E-state index < -0.39 is 0 Å². The highest BCUT2D eigenvalue weighted by Gasteiger charge is 2.18. The molecule has 3 nitrogen and oxygen atoms in total. The second-order valence-corrected chi connectivity index (χ2v) is 6.46. The first-order chi connectivity index (χ1) is 9.74. The molecule has 0 fully saturated rings. The van der Waals surface area contributed by atoms with E-state index in [9.17, 15) is 0 Å². The quantitative estimate of drug-likeness (QED) is 0.832. The van der Waals surface area contributed by atoms with Crippen molar-refractivity contribution in [1.29, 1.82) is 0 Å². The number of aromatic amines is 1. The van der Waals surface area contributed by atoms with Crippen LogP contribution < -0.4 is 5.32 Å². The average Bonchev–Trinajstić information content (AvgIpc) is 2.73. The molecule has 0 radical (unpaired) electrons. The summed E-state index contributed by atoms with van der Waals surface area (Å²) in [4.78, 5) is 0. The zero-order valence-electron chi connectivity index (χ0n) is 11.7. The Morgan fingerprint density at radius 2 is 2.30 bits per heavy atom. The van der Waals surface area contributed by atoms with Gasteiger partial charge >= 0.3 is 0 Å². The lowest BCUT2D eigenvalue weighted by molar-refractivity contribution is 0.488. The molecule has 0 amide bonds. The molecule has 4 heteroatoms. The molecule has 1 aliphatic carbocycles. The average molecular weight is 334 g/mol. The van der Waals surface area contributed by atoms with Crippen molar-refractivity contribution < 1.29 is 0 Å². The number of nitrogens with one attached hydrogen (secondary N) is 2. The summed E-state index contributed by atoms with van der Waals surface area (Å²) >= 11 is 3.58. The van der Waals surface area contributed by atoms with Gasteiger partial charge < -0.3 is 5.32 Å². The molecule has 1 atom stereocenters. The summed E-state index contributed by atoms with van der Waals surface area (Å²) in [5.74, 6) is 0. The Kier molecular flexibility index (Phi) is 4.22. The molecule has 0 saturated carbocycles. The third-order valence-corrected chi connectivity index (χ3v) is 4.64. The molecule has 0 spiro atoms. The van der Waals surface area contributed by atoms with Crippen LogP contribution in [0.2, 0.25) is 0 Å². The molecule has 3 rings (SSSR count). The highest BCUT2D eigenvalue weighted by Crippen LogP contribution is 2.30. The van der Waals surface area contributed by atoms with E-state index in [2.05, 4.69) is 56.6 Å². The van der Waals surface area contributed by atoms with Crippen molar-refractivity contribution in [3.63, 3.8) is 0 Å². The second kappa shape index (κ2) is 6.10. The van der Waals surface area contributed by atoms with Gasteiger partial charge in [0, 0.05) is 28.3 Å². The summed E-state index contributed by atoms with van der Waals surface area (Å²) < 4.78 is 1.18. The fourth-order valence-corrected chi connectivity index (χ4v) is 3.36. The predicted molar refractivity (Wildman–Crippen MR) is 84.6 cm³/mol. The van der Waals surface area contributed by atoms with Gasteiger partial charge in [-0.25, -0.2) is 0 Å². The van der Waals surface area contributed by atoms with Gasteiger partial charge in [0.15, 0.2) is 0 Å². The smallest absolute Gasteiger partial charge is 0.0535 e. The minimum absolute atomic E-state index is 0.454. The number of hydrogen-bond acceptors (Lipinski definition) is 2. The van der Waals surface area contributed by atoms with Gasteiger partial charge in [-0.2, -0.15) is 5.10 Å². The van der Waals surface area contributed by atoms with Crippen molar-refractivity contribution in [2.45, 2.75) is 45.2 Å². The molecular weight excluding hydrogens is 314 g/mol. The van der Waals surface area contributed by atoms with Crippen LogP contribution in [0.1, 0.15) is 47.7 Å². The first-order valence-electron chi connectivity index (χ1n) is 7.24. The molecule has 1 aliphatic rings. The summed E-state index contributed by atoms with van der Waals surface area (Å²) in [5, 5.41) is 10.8. The third kappa shape index (κ3) is 2.96. The topological polar surface area (TPSA) is 40.7 Å². The van der Waals surface area contributed by atoms with Crippen LogP contribution in [-0.4, -0.2) is 10.2 Å². The Bertz CT molecular complexity index is 591.